The molecule has 4 heteroatoms. The van der Waals surface area contributed by atoms with Crippen LogP contribution in [0.4, 0.5) is 5.69 Å². The van der Waals surface area contributed by atoms with Gasteiger partial charge in [-0.3, -0.25) is 4.79 Å². The molecule has 1 saturated carbocycles. The molecule has 2 fully saturated rings. The number of carbonyl (C=O) groups is 1. The smallest absolute Gasteiger partial charge is 0.209 e. The summed E-state index contributed by atoms with van der Waals surface area (Å²) < 4.78 is 5.26. The average molecular weight is 344 g/mol. The Morgan fingerprint density at radius 3 is 2.56 bits per heavy atom. The minimum absolute atomic E-state index is 0.493. The predicted molar refractivity (Wildman–Crippen MR) is 102 cm³/mol. The Morgan fingerprint density at radius 1 is 1.12 bits per heavy atom. The second-order valence-corrected chi connectivity index (χ2v) is 7.58. The molecule has 0 bridgehead atoms. The number of anilines is 1. The third-order valence-electron chi connectivity index (χ3n) is 5.93. The van der Waals surface area contributed by atoms with Crippen LogP contribution < -0.4 is 9.64 Å². The van der Waals surface area contributed by atoms with Crippen molar-refractivity contribution in [3.8, 4) is 5.75 Å². The summed E-state index contributed by atoms with van der Waals surface area (Å²) in [5.41, 5.74) is 1.28. The molecule has 1 amide bonds. The van der Waals surface area contributed by atoms with Crippen molar-refractivity contribution in [3.63, 3.8) is 0 Å². The molecule has 1 atom stereocenters. The summed E-state index contributed by atoms with van der Waals surface area (Å²) in [6.45, 7) is 3.15. The first-order valence-corrected chi connectivity index (χ1v) is 9.90. The molecule has 1 aliphatic carbocycles. The van der Waals surface area contributed by atoms with Gasteiger partial charge < -0.3 is 14.5 Å². The quantitative estimate of drug-likeness (QED) is 0.698. The largest absolute Gasteiger partial charge is 0.497 e. The maximum atomic E-state index is 11.5. The van der Waals surface area contributed by atoms with E-state index in [2.05, 4.69) is 21.9 Å². The van der Waals surface area contributed by atoms with Gasteiger partial charge in [-0.1, -0.05) is 19.3 Å². The number of amides is 1. The molecular weight excluding hydrogens is 312 g/mol. The Morgan fingerprint density at radius 2 is 1.88 bits per heavy atom. The van der Waals surface area contributed by atoms with Crippen molar-refractivity contribution in [1.82, 2.24) is 4.90 Å². The van der Waals surface area contributed by atoms with Gasteiger partial charge in [0.1, 0.15) is 5.75 Å². The van der Waals surface area contributed by atoms with Crippen LogP contribution in [0.5, 0.6) is 5.75 Å². The molecule has 1 aromatic rings. The number of methoxy groups -OCH3 is 1. The van der Waals surface area contributed by atoms with Crippen molar-refractivity contribution in [2.24, 2.45) is 5.92 Å². The van der Waals surface area contributed by atoms with Crippen LogP contribution >= 0.6 is 0 Å². The van der Waals surface area contributed by atoms with E-state index in [0.29, 0.717) is 12.0 Å². The van der Waals surface area contributed by atoms with Gasteiger partial charge in [-0.25, -0.2) is 0 Å². The van der Waals surface area contributed by atoms with Gasteiger partial charge in [0, 0.05) is 31.4 Å². The molecule has 2 aliphatic rings. The zero-order chi connectivity index (χ0) is 17.5. The molecule has 0 radical (unpaired) electrons. The first kappa shape index (κ1) is 18.1. The monoisotopic (exact) mass is 344 g/mol. The van der Waals surface area contributed by atoms with Crippen LogP contribution in [-0.2, 0) is 4.79 Å². The first-order valence-electron chi connectivity index (χ1n) is 9.90. The zero-order valence-corrected chi connectivity index (χ0v) is 15.5. The van der Waals surface area contributed by atoms with Crippen LogP contribution in [-0.4, -0.2) is 44.1 Å². The SMILES string of the molecule is COc1ccc(N2CCCC(CCN(C=O)C3CCCCC3)C2)cc1. The standard InChI is InChI=1S/C21H32N2O2/c1-25-21-11-9-20(10-12-21)22-14-5-6-18(16-22)13-15-23(17-24)19-7-3-2-4-8-19/h9-12,17-19H,2-8,13-16H2,1H3. The number of hydrogen-bond donors (Lipinski definition) is 0. The fourth-order valence-corrected chi connectivity index (χ4v) is 4.39. The van der Waals surface area contributed by atoms with Crippen LogP contribution in [0.3, 0.4) is 0 Å². The molecule has 0 aromatic heterocycles. The number of nitrogens with zero attached hydrogens (tertiary/aromatic N) is 2. The summed E-state index contributed by atoms with van der Waals surface area (Å²) in [6, 6.07) is 8.88. The third kappa shape index (κ3) is 4.90. The van der Waals surface area contributed by atoms with Gasteiger partial charge in [0.15, 0.2) is 0 Å². The molecule has 0 spiro atoms. The lowest BCUT2D eigenvalue weighted by atomic mass is 9.92. The maximum absolute atomic E-state index is 11.5. The van der Waals surface area contributed by atoms with Crippen molar-refractivity contribution >= 4 is 12.1 Å². The lowest BCUT2D eigenvalue weighted by Crippen LogP contribution is -2.40. The summed E-state index contributed by atoms with van der Waals surface area (Å²) in [4.78, 5) is 16.1. The molecule has 1 unspecified atom stereocenters. The molecule has 138 valence electrons. The summed E-state index contributed by atoms with van der Waals surface area (Å²) in [5, 5.41) is 0. The molecule has 0 N–H and O–H groups in total. The van der Waals surface area contributed by atoms with Crippen LogP contribution in [0.2, 0.25) is 0 Å². The maximum Gasteiger partial charge on any atom is 0.209 e. The Labute approximate surface area is 152 Å². The van der Waals surface area contributed by atoms with Gasteiger partial charge in [-0.2, -0.15) is 0 Å². The minimum atomic E-state index is 0.493. The lowest BCUT2D eigenvalue weighted by Gasteiger charge is -2.37. The van der Waals surface area contributed by atoms with Gasteiger partial charge in [-0.05, 0) is 62.3 Å². The van der Waals surface area contributed by atoms with E-state index in [1.807, 2.05) is 12.1 Å². The molecule has 1 aliphatic heterocycles. The van der Waals surface area contributed by atoms with Crippen molar-refractivity contribution in [2.75, 3.05) is 31.6 Å². The molecule has 3 rings (SSSR count). The van der Waals surface area contributed by atoms with Crippen LogP contribution in [0, 0.1) is 5.92 Å². The van der Waals surface area contributed by atoms with Crippen LogP contribution in [0.25, 0.3) is 0 Å². The van der Waals surface area contributed by atoms with Crippen molar-refractivity contribution < 1.29 is 9.53 Å². The minimum Gasteiger partial charge on any atom is -0.497 e. The Hall–Kier alpha value is -1.71. The fourth-order valence-electron chi connectivity index (χ4n) is 4.39. The highest BCUT2D eigenvalue weighted by atomic mass is 16.5. The van der Waals surface area contributed by atoms with E-state index in [1.165, 1.54) is 50.6 Å². The van der Waals surface area contributed by atoms with Gasteiger partial charge in [0.2, 0.25) is 6.41 Å². The Bertz CT molecular complexity index is 525. The molecule has 1 aromatic carbocycles. The fraction of sp³-hybridized carbons (Fsp3) is 0.667. The van der Waals surface area contributed by atoms with E-state index in [0.717, 1.165) is 38.2 Å². The number of carbonyl (C=O) groups excluding carboxylic acids is 1. The van der Waals surface area contributed by atoms with E-state index < -0.39 is 0 Å². The molecule has 25 heavy (non-hydrogen) atoms. The summed E-state index contributed by atoms with van der Waals surface area (Å²) >= 11 is 0. The number of hydrogen-bond acceptors (Lipinski definition) is 3. The summed E-state index contributed by atoms with van der Waals surface area (Å²) in [5.74, 6) is 1.59. The number of benzene rings is 1. The van der Waals surface area contributed by atoms with Crippen LogP contribution in [0.15, 0.2) is 24.3 Å². The van der Waals surface area contributed by atoms with Gasteiger partial charge in [0.05, 0.1) is 7.11 Å². The second kappa shape index (κ2) is 9.12. The molecular formula is C21H32N2O2. The average Bonchev–Trinajstić information content (AvgIpc) is 2.69. The highest BCUT2D eigenvalue weighted by molar-refractivity contribution is 5.49. The van der Waals surface area contributed by atoms with E-state index >= 15 is 0 Å². The molecule has 1 saturated heterocycles. The highest BCUT2D eigenvalue weighted by Crippen LogP contribution is 2.28. The van der Waals surface area contributed by atoms with Crippen molar-refractivity contribution in [1.29, 1.82) is 0 Å². The normalized spacial score (nSPS) is 21.8. The topological polar surface area (TPSA) is 32.8 Å². The van der Waals surface area contributed by atoms with E-state index in [1.54, 1.807) is 7.11 Å². The van der Waals surface area contributed by atoms with E-state index in [-0.39, 0.29) is 0 Å². The molecule has 4 nitrogen and oxygen atoms in total. The molecule has 1 heterocycles. The number of rotatable bonds is 7. The van der Waals surface area contributed by atoms with Gasteiger partial charge >= 0.3 is 0 Å². The van der Waals surface area contributed by atoms with E-state index in [9.17, 15) is 4.79 Å². The van der Waals surface area contributed by atoms with Gasteiger partial charge in [-0.15, -0.1) is 0 Å². The zero-order valence-electron chi connectivity index (χ0n) is 15.5. The Balaban J connectivity index is 1.51. The lowest BCUT2D eigenvalue weighted by molar-refractivity contribution is -0.121. The van der Waals surface area contributed by atoms with E-state index in [4.69, 9.17) is 4.74 Å². The summed E-state index contributed by atoms with van der Waals surface area (Å²) in [7, 11) is 1.71. The number of piperidine rings is 1. The highest BCUT2D eigenvalue weighted by Gasteiger charge is 2.23. The van der Waals surface area contributed by atoms with Gasteiger partial charge in [0.25, 0.3) is 0 Å². The third-order valence-corrected chi connectivity index (χ3v) is 5.93. The number of ether oxygens (including phenoxy) is 1. The van der Waals surface area contributed by atoms with Crippen LogP contribution in [0.1, 0.15) is 51.4 Å². The first-order chi connectivity index (χ1) is 12.3. The second-order valence-electron chi connectivity index (χ2n) is 7.58. The van der Waals surface area contributed by atoms with Crippen molar-refractivity contribution in [2.45, 2.75) is 57.4 Å². The summed E-state index contributed by atoms with van der Waals surface area (Å²) in [6.07, 6.45) is 11.0. The van der Waals surface area contributed by atoms with Crippen molar-refractivity contribution in [3.05, 3.63) is 24.3 Å². The predicted octanol–water partition coefficient (Wildman–Crippen LogP) is 4.09. The Kier molecular flexibility index (Phi) is 6.60.